The molecule has 136 valence electrons. The number of hydrogen-bond donors (Lipinski definition) is 0. The van der Waals surface area contributed by atoms with Crippen LogP contribution < -0.4 is 9.41 Å². The van der Waals surface area contributed by atoms with Crippen molar-refractivity contribution in [3.8, 4) is 5.75 Å². The molecule has 0 atom stereocenters. The van der Waals surface area contributed by atoms with E-state index in [1.807, 2.05) is 12.1 Å². The molecule has 0 spiro atoms. The fourth-order valence-corrected chi connectivity index (χ4v) is 3.86. The molecule has 0 aliphatic heterocycles. The molecule has 3 nitrogen and oxygen atoms in total. The van der Waals surface area contributed by atoms with E-state index in [1.165, 1.54) is 5.56 Å². The highest BCUT2D eigenvalue weighted by atomic mass is 35.5. The molecular weight excluding hydrogens is 372 g/mol. The lowest BCUT2D eigenvalue weighted by atomic mass is 10.1. The van der Waals surface area contributed by atoms with Gasteiger partial charge >= 0.3 is 0 Å². The molecule has 2 rings (SSSR count). The molecule has 0 aliphatic rings. The third kappa shape index (κ3) is 5.16. The van der Waals surface area contributed by atoms with Gasteiger partial charge in [-0.3, -0.25) is 3.96 Å². The maximum Gasteiger partial charge on any atom is 0.139 e. The van der Waals surface area contributed by atoms with E-state index >= 15 is 0 Å². The van der Waals surface area contributed by atoms with Gasteiger partial charge in [0.25, 0.3) is 0 Å². The Morgan fingerprint density at radius 2 is 2.08 bits per heavy atom. The standard InChI is InChI=1S/C19H25ClN2OS2/c1-6-7-8-13-12-22(19(2,3)4)25-18(13)21-17(24)15-11-14(20)9-10-16(15)23-5/h9-12H,6-8H2,1-5H3/b21-18-. The molecular formula is C19H25ClN2OS2. The Morgan fingerprint density at radius 1 is 1.36 bits per heavy atom. The highest BCUT2D eigenvalue weighted by Crippen LogP contribution is 2.24. The number of unbranched alkanes of at least 4 members (excludes halogenated alkanes) is 1. The van der Waals surface area contributed by atoms with Crippen LogP contribution in [0.25, 0.3) is 0 Å². The molecule has 0 amide bonds. The summed E-state index contributed by atoms with van der Waals surface area (Å²) in [4.78, 5) is 5.26. The van der Waals surface area contributed by atoms with E-state index in [0.717, 1.165) is 29.5 Å². The molecule has 0 saturated heterocycles. The number of rotatable bonds is 5. The van der Waals surface area contributed by atoms with E-state index in [9.17, 15) is 0 Å². The van der Waals surface area contributed by atoms with Gasteiger partial charge in [0.05, 0.1) is 12.7 Å². The van der Waals surface area contributed by atoms with Gasteiger partial charge in [0.15, 0.2) is 0 Å². The molecule has 0 fully saturated rings. The van der Waals surface area contributed by atoms with E-state index in [2.05, 4.69) is 37.8 Å². The van der Waals surface area contributed by atoms with E-state index in [0.29, 0.717) is 15.8 Å². The summed E-state index contributed by atoms with van der Waals surface area (Å²) >= 11 is 13.4. The van der Waals surface area contributed by atoms with E-state index in [1.54, 1.807) is 24.7 Å². The molecule has 0 radical (unpaired) electrons. The summed E-state index contributed by atoms with van der Waals surface area (Å²) in [6.07, 6.45) is 5.50. The summed E-state index contributed by atoms with van der Waals surface area (Å²) in [5, 5.41) is 0.621. The summed E-state index contributed by atoms with van der Waals surface area (Å²) in [6.45, 7) is 8.77. The van der Waals surface area contributed by atoms with Crippen LogP contribution in [-0.2, 0) is 12.0 Å². The number of aryl methyl sites for hydroxylation is 1. The Morgan fingerprint density at radius 3 is 2.68 bits per heavy atom. The van der Waals surface area contributed by atoms with E-state index in [-0.39, 0.29) is 5.54 Å². The molecule has 1 heterocycles. The minimum absolute atomic E-state index is 0.0226. The molecule has 1 aromatic carbocycles. The summed E-state index contributed by atoms with van der Waals surface area (Å²) in [5.74, 6) is 0.688. The number of halogens is 1. The van der Waals surface area contributed by atoms with Crippen molar-refractivity contribution < 1.29 is 4.74 Å². The second-order valence-electron chi connectivity index (χ2n) is 6.91. The maximum absolute atomic E-state index is 6.13. The quantitative estimate of drug-likeness (QED) is 0.616. The Balaban J connectivity index is 2.50. The zero-order chi connectivity index (χ0) is 18.6. The Bertz CT molecular complexity index is 816. The van der Waals surface area contributed by atoms with Gasteiger partial charge in [0.2, 0.25) is 0 Å². The molecule has 1 aromatic heterocycles. The summed E-state index contributed by atoms with van der Waals surface area (Å²) in [7, 11) is 1.63. The molecule has 25 heavy (non-hydrogen) atoms. The van der Waals surface area contributed by atoms with Crippen LogP contribution >= 0.6 is 35.4 Å². The first-order valence-electron chi connectivity index (χ1n) is 8.41. The second-order valence-corrected chi connectivity index (χ2v) is 8.70. The van der Waals surface area contributed by atoms with Gasteiger partial charge < -0.3 is 4.74 Å². The zero-order valence-corrected chi connectivity index (χ0v) is 17.8. The predicted molar refractivity (Wildman–Crippen MR) is 111 cm³/mol. The third-order valence-electron chi connectivity index (χ3n) is 3.79. The minimum atomic E-state index is 0.0226. The molecule has 0 unspecified atom stereocenters. The molecule has 6 heteroatoms. The summed E-state index contributed by atoms with van der Waals surface area (Å²) < 4.78 is 8.62. The number of ether oxygens (including phenoxy) is 1. The molecule has 0 aliphatic carbocycles. The smallest absolute Gasteiger partial charge is 0.139 e. The van der Waals surface area contributed by atoms with Gasteiger partial charge in [-0.1, -0.05) is 37.2 Å². The number of hydrogen-bond acceptors (Lipinski definition) is 3. The van der Waals surface area contributed by atoms with Gasteiger partial charge in [0.1, 0.15) is 15.4 Å². The van der Waals surface area contributed by atoms with E-state index < -0.39 is 0 Å². The van der Waals surface area contributed by atoms with Crippen molar-refractivity contribution in [1.29, 1.82) is 0 Å². The average Bonchev–Trinajstić information content (AvgIpc) is 2.95. The average molecular weight is 397 g/mol. The fourth-order valence-electron chi connectivity index (χ4n) is 2.34. The number of thiocarbonyl (C=S) groups is 1. The lowest BCUT2D eigenvalue weighted by Crippen LogP contribution is -2.18. The van der Waals surface area contributed by atoms with Crippen molar-refractivity contribution in [1.82, 2.24) is 3.96 Å². The summed E-state index contributed by atoms with van der Waals surface area (Å²) in [5.41, 5.74) is 2.02. The first kappa shape index (κ1) is 20.1. The Hall–Kier alpha value is -1.17. The number of benzene rings is 1. The van der Waals surface area contributed by atoms with Crippen LogP contribution in [0, 0.1) is 0 Å². The van der Waals surface area contributed by atoms with Gasteiger partial charge in [-0.15, -0.1) is 0 Å². The van der Waals surface area contributed by atoms with Gasteiger partial charge in [-0.05, 0) is 63.3 Å². The van der Waals surface area contributed by atoms with E-state index in [4.69, 9.17) is 33.5 Å². The molecule has 0 N–H and O–H groups in total. The van der Waals surface area contributed by atoms with Gasteiger partial charge in [0, 0.05) is 22.3 Å². The topological polar surface area (TPSA) is 26.5 Å². The fraction of sp³-hybridized carbons (Fsp3) is 0.474. The normalized spacial score (nSPS) is 12.5. The number of nitrogens with zero attached hydrogens (tertiary/aromatic N) is 2. The van der Waals surface area contributed by atoms with Crippen molar-refractivity contribution >= 4 is 40.3 Å². The van der Waals surface area contributed by atoms with Crippen LogP contribution in [-0.4, -0.2) is 16.1 Å². The maximum atomic E-state index is 6.13. The van der Waals surface area contributed by atoms with Crippen LogP contribution in [0.15, 0.2) is 29.4 Å². The van der Waals surface area contributed by atoms with Crippen molar-refractivity contribution in [2.45, 2.75) is 52.5 Å². The first-order valence-corrected chi connectivity index (χ1v) is 9.97. The third-order valence-corrected chi connectivity index (χ3v) is 5.71. The number of methoxy groups -OCH3 is 1. The lowest BCUT2D eigenvalue weighted by molar-refractivity contribution is 0.414. The monoisotopic (exact) mass is 396 g/mol. The Labute approximate surface area is 164 Å². The highest BCUT2D eigenvalue weighted by molar-refractivity contribution is 7.80. The lowest BCUT2D eigenvalue weighted by Gasteiger charge is -2.19. The predicted octanol–water partition coefficient (Wildman–Crippen LogP) is 5.59. The Kier molecular flexibility index (Phi) is 6.83. The largest absolute Gasteiger partial charge is 0.496 e. The van der Waals surface area contributed by atoms with Crippen LogP contribution in [0.1, 0.15) is 51.7 Å². The van der Waals surface area contributed by atoms with Crippen LogP contribution in [0.4, 0.5) is 0 Å². The second kappa shape index (κ2) is 8.47. The van der Waals surface area contributed by atoms with Crippen LogP contribution in [0.2, 0.25) is 5.02 Å². The molecule has 0 saturated carbocycles. The van der Waals surface area contributed by atoms with Crippen molar-refractivity contribution in [2.75, 3.05) is 7.11 Å². The number of aromatic nitrogens is 1. The van der Waals surface area contributed by atoms with Crippen molar-refractivity contribution in [3.63, 3.8) is 0 Å². The van der Waals surface area contributed by atoms with Gasteiger partial charge in [-0.25, -0.2) is 4.99 Å². The zero-order valence-electron chi connectivity index (χ0n) is 15.4. The highest BCUT2D eigenvalue weighted by Gasteiger charge is 2.16. The molecule has 0 bridgehead atoms. The SMILES string of the molecule is CCCCc1cn(C(C)(C)C)s/c1=N\C(=S)c1cc(Cl)ccc1OC. The van der Waals surface area contributed by atoms with Crippen LogP contribution in [0.5, 0.6) is 5.75 Å². The van der Waals surface area contributed by atoms with Crippen molar-refractivity contribution in [2.24, 2.45) is 4.99 Å². The first-order chi connectivity index (χ1) is 11.8. The van der Waals surface area contributed by atoms with Crippen LogP contribution in [0.3, 0.4) is 0 Å². The minimum Gasteiger partial charge on any atom is -0.496 e. The van der Waals surface area contributed by atoms with Crippen molar-refractivity contribution in [3.05, 3.63) is 45.2 Å². The van der Waals surface area contributed by atoms with Gasteiger partial charge in [-0.2, -0.15) is 0 Å². The molecule has 2 aromatic rings. The summed E-state index contributed by atoms with van der Waals surface area (Å²) in [6, 6.07) is 5.42.